The number of ether oxygens (including phenoxy) is 1. The normalized spacial score (nSPS) is 11.6. The highest BCUT2D eigenvalue weighted by atomic mass is 19.4. The lowest BCUT2D eigenvalue weighted by Crippen LogP contribution is -2.05. The summed E-state index contributed by atoms with van der Waals surface area (Å²) < 4.78 is 42.6. The Balaban J connectivity index is 1.92. The van der Waals surface area contributed by atoms with Crippen molar-refractivity contribution in [2.75, 3.05) is 7.11 Å². The molecule has 2 rings (SSSR count). The predicted molar refractivity (Wildman–Crippen MR) is 75.8 cm³/mol. The standard InChI is InChI=1S/C16H13F3NO2/c1-21-15-7-5-12(6-8-15)11-22-20-10-13-3-2-4-14(9-13)16(17,18)19/h2-9H,11H2,1H3. The molecule has 115 valence electrons. The van der Waals surface area contributed by atoms with Crippen molar-refractivity contribution in [1.82, 2.24) is 0 Å². The number of alkyl halides is 3. The average Bonchev–Trinajstić information content (AvgIpc) is 2.52. The molecule has 2 aromatic rings. The molecule has 0 amide bonds. The molecule has 0 aliphatic carbocycles. The van der Waals surface area contributed by atoms with E-state index in [9.17, 15) is 13.2 Å². The van der Waals surface area contributed by atoms with Crippen molar-refractivity contribution in [3.8, 4) is 5.75 Å². The van der Waals surface area contributed by atoms with Crippen LogP contribution < -0.4 is 4.74 Å². The molecule has 0 saturated carbocycles. The number of methoxy groups -OCH3 is 1. The Morgan fingerprint density at radius 3 is 2.45 bits per heavy atom. The molecule has 22 heavy (non-hydrogen) atoms. The summed E-state index contributed by atoms with van der Waals surface area (Å²) in [5.74, 6) is 0.725. The van der Waals surface area contributed by atoms with Gasteiger partial charge in [0.2, 0.25) is 0 Å². The van der Waals surface area contributed by atoms with Gasteiger partial charge in [0.25, 0.3) is 0 Å². The van der Waals surface area contributed by atoms with Crippen LogP contribution >= 0.6 is 0 Å². The summed E-state index contributed by atoms with van der Waals surface area (Å²) in [6, 6.07) is 11.9. The number of hydrogen-bond acceptors (Lipinski definition) is 3. The van der Waals surface area contributed by atoms with Crippen LogP contribution in [-0.4, -0.2) is 13.3 Å². The molecular formula is C16H13F3NO2. The van der Waals surface area contributed by atoms with Crippen LogP contribution in [0.3, 0.4) is 0 Å². The maximum atomic E-state index is 12.5. The Labute approximate surface area is 126 Å². The Hall–Kier alpha value is -2.50. The number of rotatable bonds is 5. The van der Waals surface area contributed by atoms with E-state index in [0.29, 0.717) is 0 Å². The highest BCUT2D eigenvalue weighted by Crippen LogP contribution is 2.29. The second kappa shape index (κ2) is 6.98. The van der Waals surface area contributed by atoms with Gasteiger partial charge in [-0.25, -0.2) is 0 Å². The van der Waals surface area contributed by atoms with Gasteiger partial charge in [0.05, 0.1) is 12.7 Å². The van der Waals surface area contributed by atoms with Gasteiger partial charge < -0.3 is 9.57 Å². The molecule has 0 spiro atoms. The molecule has 0 saturated heterocycles. The van der Waals surface area contributed by atoms with Crippen molar-refractivity contribution in [2.24, 2.45) is 5.16 Å². The van der Waals surface area contributed by atoms with E-state index in [2.05, 4.69) is 11.4 Å². The predicted octanol–water partition coefficient (Wildman–Crippen LogP) is 4.14. The van der Waals surface area contributed by atoms with Crippen molar-refractivity contribution in [2.45, 2.75) is 12.8 Å². The summed E-state index contributed by atoms with van der Waals surface area (Å²) in [5, 5.41) is 3.55. The van der Waals surface area contributed by atoms with Gasteiger partial charge in [-0.15, -0.1) is 0 Å². The van der Waals surface area contributed by atoms with E-state index in [0.717, 1.165) is 23.4 Å². The van der Waals surface area contributed by atoms with Crippen LogP contribution in [0.2, 0.25) is 0 Å². The summed E-state index contributed by atoms with van der Waals surface area (Å²) in [6.45, 7) is 0.190. The second-order valence-electron chi connectivity index (χ2n) is 4.40. The van der Waals surface area contributed by atoms with Crippen LogP contribution in [-0.2, 0) is 17.6 Å². The minimum Gasteiger partial charge on any atom is -0.497 e. The summed E-state index contributed by atoms with van der Waals surface area (Å²) >= 11 is 0. The topological polar surface area (TPSA) is 30.8 Å². The van der Waals surface area contributed by atoms with Gasteiger partial charge in [0.1, 0.15) is 18.6 Å². The first-order valence-corrected chi connectivity index (χ1v) is 6.37. The van der Waals surface area contributed by atoms with Crippen molar-refractivity contribution in [1.29, 1.82) is 0 Å². The van der Waals surface area contributed by atoms with Crippen molar-refractivity contribution in [3.63, 3.8) is 0 Å². The first-order chi connectivity index (χ1) is 10.5. The quantitative estimate of drug-likeness (QED) is 0.614. The molecule has 0 aliphatic heterocycles. The monoisotopic (exact) mass is 308 g/mol. The number of benzene rings is 2. The molecule has 0 N–H and O–H groups in total. The van der Waals surface area contributed by atoms with Gasteiger partial charge in [-0.1, -0.05) is 29.4 Å². The number of nitrogens with zero attached hydrogens (tertiary/aromatic N) is 1. The van der Waals surface area contributed by atoms with Gasteiger partial charge in [0, 0.05) is 5.56 Å². The van der Waals surface area contributed by atoms with Gasteiger partial charge in [-0.2, -0.15) is 13.2 Å². The lowest BCUT2D eigenvalue weighted by atomic mass is 10.1. The van der Waals surface area contributed by atoms with Gasteiger partial charge in [0.15, 0.2) is 0 Å². The number of halogens is 3. The third kappa shape index (κ3) is 4.51. The molecular weight excluding hydrogens is 295 g/mol. The van der Waals surface area contributed by atoms with Crippen LogP contribution in [0.1, 0.15) is 16.7 Å². The largest absolute Gasteiger partial charge is 0.497 e. The molecule has 0 heterocycles. The van der Waals surface area contributed by atoms with E-state index in [-0.39, 0.29) is 12.2 Å². The second-order valence-corrected chi connectivity index (χ2v) is 4.40. The summed E-state index contributed by atoms with van der Waals surface area (Å²) in [4.78, 5) is 5.01. The average molecular weight is 308 g/mol. The van der Waals surface area contributed by atoms with Crippen LogP contribution in [0.4, 0.5) is 13.2 Å². The van der Waals surface area contributed by atoms with Gasteiger partial charge in [-0.05, 0) is 29.8 Å². The maximum Gasteiger partial charge on any atom is 0.416 e. The fourth-order valence-corrected chi connectivity index (χ4v) is 1.68. The molecule has 2 aromatic carbocycles. The van der Waals surface area contributed by atoms with E-state index in [4.69, 9.17) is 9.57 Å². The zero-order chi connectivity index (χ0) is 16.0. The highest BCUT2D eigenvalue weighted by molar-refractivity contribution is 5.79. The Morgan fingerprint density at radius 2 is 1.82 bits per heavy atom. The highest BCUT2D eigenvalue weighted by Gasteiger charge is 2.30. The van der Waals surface area contributed by atoms with E-state index < -0.39 is 11.7 Å². The Morgan fingerprint density at radius 1 is 1.09 bits per heavy atom. The zero-order valence-electron chi connectivity index (χ0n) is 11.7. The third-order valence-corrected chi connectivity index (χ3v) is 2.82. The van der Waals surface area contributed by atoms with E-state index in [1.54, 1.807) is 31.4 Å². The van der Waals surface area contributed by atoms with E-state index >= 15 is 0 Å². The molecule has 0 aliphatic rings. The summed E-state index contributed by atoms with van der Waals surface area (Å²) in [6.07, 6.45) is -1.96. The first kappa shape index (κ1) is 15.9. The lowest BCUT2D eigenvalue weighted by Gasteiger charge is -2.06. The SMILES string of the molecule is COc1ccc(CO/N=[C]\c2cccc(C(F)(F)F)c2)cc1. The smallest absolute Gasteiger partial charge is 0.416 e. The molecule has 6 heteroatoms. The molecule has 0 atom stereocenters. The Kier molecular flexibility index (Phi) is 5.04. The molecule has 1 radical (unpaired) electrons. The molecule has 0 aromatic heterocycles. The minimum atomic E-state index is -4.39. The van der Waals surface area contributed by atoms with Crippen LogP contribution in [0.25, 0.3) is 0 Å². The van der Waals surface area contributed by atoms with Gasteiger partial charge >= 0.3 is 6.18 Å². The van der Waals surface area contributed by atoms with E-state index in [1.807, 2.05) is 0 Å². The Bertz CT molecular complexity index is 637. The van der Waals surface area contributed by atoms with Crippen molar-refractivity contribution < 1.29 is 22.7 Å². The van der Waals surface area contributed by atoms with Crippen LogP contribution in [0.5, 0.6) is 5.75 Å². The van der Waals surface area contributed by atoms with Gasteiger partial charge in [-0.3, -0.25) is 0 Å². The van der Waals surface area contributed by atoms with Crippen LogP contribution in [0.15, 0.2) is 53.7 Å². The lowest BCUT2D eigenvalue weighted by molar-refractivity contribution is -0.137. The molecule has 0 unspecified atom stereocenters. The molecule has 0 bridgehead atoms. The first-order valence-electron chi connectivity index (χ1n) is 6.37. The van der Waals surface area contributed by atoms with Crippen molar-refractivity contribution in [3.05, 3.63) is 65.2 Å². The molecule has 0 fully saturated rings. The fourth-order valence-electron chi connectivity index (χ4n) is 1.68. The van der Waals surface area contributed by atoms with E-state index in [1.165, 1.54) is 12.1 Å². The minimum absolute atomic E-state index is 0.190. The molecule has 3 nitrogen and oxygen atoms in total. The van der Waals surface area contributed by atoms with Crippen molar-refractivity contribution >= 4 is 6.21 Å². The summed E-state index contributed by atoms with van der Waals surface area (Å²) in [5.41, 5.74) is 0.308. The zero-order valence-corrected chi connectivity index (χ0v) is 11.7. The number of hydrogen-bond donors (Lipinski definition) is 0. The third-order valence-electron chi connectivity index (χ3n) is 2.82. The maximum absolute atomic E-state index is 12.5. The fraction of sp³-hybridized carbons (Fsp3) is 0.188. The summed E-state index contributed by atoms with van der Waals surface area (Å²) in [7, 11) is 1.57. The van der Waals surface area contributed by atoms with Crippen LogP contribution in [0, 0.1) is 0 Å².